The lowest BCUT2D eigenvalue weighted by Crippen LogP contribution is -2.26. The predicted octanol–water partition coefficient (Wildman–Crippen LogP) is 2.28. The van der Waals surface area contributed by atoms with Crippen LogP contribution in [0.3, 0.4) is 0 Å². The number of carbonyl (C=O) groups is 1. The Kier molecular flexibility index (Phi) is 4.23. The summed E-state index contributed by atoms with van der Waals surface area (Å²) in [5.74, 6) is -2.75. The summed E-state index contributed by atoms with van der Waals surface area (Å²) in [6.45, 7) is -0.473. The van der Waals surface area contributed by atoms with Gasteiger partial charge < -0.3 is 5.32 Å². The van der Waals surface area contributed by atoms with Crippen molar-refractivity contribution in [1.82, 2.24) is 9.55 Å². The summed E-state index contributed by atoms with van der Waals surface area (Å²) < 4.78 is 27.6. The fourth-order valence-electron chi connectivity index (χ4n) is 2.04. The van der Waals surface area contributed by atoms with E-state index in [-0.39, 0.29) is 16.3 Å². The number of rotatable bonds is 4. The SMILES string of the molecule is O=C(Cn1cc([N+](=O)[O-])ccc1=O)Nc1nc2cc(F)c(F)cc2s1. The van der Waals surface area contributed by atoms with Crippen molar-refractivity contribution in [1.29, 1.82) is 0 Å². The lowest BCUT2D eigenvalue weighted by Gasteiger charge is -2.04. The molecule has 0 unspecified atom stereocenters. The van der Waals surface area contributed by atoms with Crippen LogP contribution < -0.4 is 10.9 Å². The number of benzene rings is 1. The fraction of sp³-hybridized carbons (Fsp3) is 0.0714. The van der Waals surface area contributed by atoms with Crippen molar-refractivity contribution in [2.45, 2.75) is 6.54 Å². The molecule has 1 N–H and O–H groups in total. The molecule has 128 valence electrons. The van der Waals surface area contributed by atoms with Crippen LogP contribution in [0.4, 0.5) is 19.6 Å². The molecule has 2 aromatic heterocycles. The fourth-order valence-corrected chi connectivity index (χ4v) is 2.93. The van der Waals surface area contributed by atoms with Crippen molar-refractivity contribution in [3.63, 3.8) is 0 Å². The monoisotopic (exact) mass is 366 g/mol. The summed E-state index contributed by atoms with van der Waals surface area (Å²) in [7, 11) is 0. The highest BCUT2D eigenvalue weighted by atomic mass is 32.1. The van der Waals surface area contributed by atoms with Crippen LogP contribution in [-0.2, 0) is 11.3 Å². The maximum absolute atomic E-state index is 13.2. The first-order valence-corrected chi connectivity index (χ1v) is 7.55. The average molecular weight is 366 g/mol. The zero-order chi connectivity index (χ0) is 18.1. The summed E-state index contributed by atoms with van der Waals surface area (Å²) in [4.78, 5) is 37.6. The molecule has 0 aliphatic rings. The first-order valence-electron chi connectivity index (χ1n) is 6.74. The van der Waals surface area contributed by atoms with Gasteiger partial charge in [-0.1, -0.05) is 11.3 Å². The van der Waals surface area contributed by atoms with Gasteiger partial charge in [0.1, 0.15) is 6.54 Å². The maximum atomic E-state index is 13.2. The van der Waals surface area contributed by atoms with Gasteiger partial charge in [0.2, 0.25) is 5.91 Å². The second kappa shape index (κ2) is 6.36. The van der Waals surface area contributed by atoms with E-state index in [1.165, 1.54) is 0 Å². The topological polar surface area (TPSA) is 107 Å². The molecule has 0 aliphatic carbocycles. The van der Waals surface area contributed by atoms with Crippen LogP contribution in [0.5, 0.6) is 0 Å². The molecule has 0 saturated heterocycles. The minimum Gasteiger partial charge on any atom is -0.300 e. The number of fused-ring (bicyclic) bond motifs is 1. The van der Waals surface area contributed by atoms with E-state index in [1.54, 1.807) is 0 Å². The Bertz CT molecular complexity index is 1020. The molecule has 0 spiro atoms. The third-order valence-electron chi connectivity index (χ3n) is 3.17. The number of nitrogens with zero attached hydrogens (tertiary/aromatic N) is 3. The van der Waals surface area contributed by atoms with Crippen LogP contribution >= 0.6 is 11.3 Å². The standard InChI is InChI=1S/C14H8F2N4O4S/c15-8-3-10-11(4-9(8)16)25-14(17-10)18-12(21)6-19-5-7(20(23)24)1-2-13(19)22/h1-5H,6H2,(H,17,18,21). The molecule has 1 amide bonds. The zero-order valence-electron chi connectivity index (χ0n) is 12.2. The second-order valence-corrected chi connectivity index (χ2v) is 5.94. The number of aromatic nitrogens is 2. The number of thiazole rings is 1. The molecular weight excluding hydrogens is 358 g/mol. The molecule has 11 heteroatoms. The van der Waals surface area contributed by atoms with Crippen molar-refractivity contribution >= 4 is 38.3 Å². The third-order valence-corrected chi connectivity index (χ3v) is 4.10. The number of amides is 1. The molecule has 0 bridgehead atoms. The van der Waals surface area contributed by atoms with Gasteiger partial charge in [0, 0.05) is 18.2 Å². The van der Waals surface area contributed by atoms with Crippen molar-refractivity contribution in [2.24, 2.45) is 0 Å². The van der Waals surface area contributed by atoms with Gasteiger partial charge in [0.05, 0.1) is 21.3 Å². The zero-order valence-corrected chi connectivity index (χ0v) is 13.0. The lowest BCUT2D eigenvalue weighted by molar-refractivity contribution is -0.385. The van der Waals surface area contributed by atoms with Crippen LogP contribution in [0.25, 0.3) is 10.2 Å². The van der Waals surface area contributed by atoms with Gasteiger partial charge >= 0.3 is 0 Å². The maximum Gasteiger partial charge on any atom is 0.285 e. The minimum absolute atomic E-state index is 0.0866. The van der Waals surface area contributed by atoms with Crippen molar-refractivity contribution in [3.8, 4) is 0 Å². The van der Waals surface area contributed by atoms with E-state index in [4.69, 9.17) is 0 Å². The first kappa shape index (κ1) is 16.6. The molecule has 2 heterocycles. The molecule has 0 aliphatic heterocycles. The molecule has 8 nitrogen and oxygen atoms in total. The number of hydrogen-bond acceptors (Lipinski definition) is 6. The summed E-state index contributed by atoms with van der Waals surface area (Å²) in [5, 5.41) is 13.2. The normalized spacial score (nSPS) is 10.8. The van der Waals surface area contributed by atoms with Crippen LogP contribution in [-0.4, -0.2) is 20.4 Å². The number of hydrogen-bond donors (Lipinski definition) is 1. The summed E-state index contributed by atoms with van der Waals surface area (Å²) in [6.07, 6.45) is 0.949. The van der Waals surface area contributed by atoms with Gasteiger partial charge in [-0.05, 0) is 6.07 Å². The van der Waals surface area contributed by atoms with Gasteiger partial charge in [0.15, 0.2) is 16.8 Å². The Balaban J connectivity index is 1.80. The molecule has 1 aromatic carbocycles. The van der Waals surface area contributed by atoms with Crippen LogP contribution in [0.15, 0.2) is 35.3 Å². The molecule has 0 radical (unpaired) electrons. The molecule has 3 aromatic rings. The van der Waals surface area contributed by atoms with Crippen molar-refractivity contribution in [2.75, 3.05) is 5.32 Å². The number of nitro groups is 1. The smallest absolute Gasteiger partial charge is 0.285 e. The number of carbonyl (C=O) groups excluding carboxylic acids is 1. The quantitative estimate of drug-likeness (QED) is 0.563. The minimum atomic E-state index is -1.06. The van der Waals surface area contributed by atoms with E-state index in [0.717, 1.165) is 46.4 Å². The Morgan fingerprint density at radius 2 is 2.04 bits per heavy atom. The van der Waals surface area contributed by atoms with E-state index < -0.39 is 34.6 Å². The molecule has 0 fully saturated rings. The van der Waals surface area contributed by atoms with Crippen LogP contribution in [0, 0.1) is 21.7 Å². The number of nitrogens with one attached hydrogen (secondary N) is 1. The van der Waals surface area contributed by atoms with E-state index in [9.17, 15) is 28.5 Å². The molecular formula is C14H8F2N4O4S. The Hall–Kier alpha value is -3.21. The second-order valence-electron chi connectivity index (χ2n) is 4.91. The van der Waals surface area contributed by atoms with Crippen molar-refractivity contribution in [3.05, 3.63) is 62.6 Å². The highest BCUT2D eigenvalue weighted by Crippen LogP contribution is 2.27. The molecule has 0 saturated carbocycles. The summed E-state index contributed by atoms with van der Waals surface area (Å²) >= 11 is 0.926. The van der Waals surface area contributed by atoms with Crippen LogP contribution in [0.1, 0.15) is 0 Å². The van der Waals surface area contributed by atoms with Gasteiger partial charge in [0.25, 0.3) is 11.2 Å². The van der Waals surface area contributed by atoms with Gasteiger partial charge in [-0.2, -0.15) is 0 Å². The van der Waals surface area contributed by atoms with Gasteiger partial charge in [-0.25, -0.2) is 13.8 Å². The number of pyridine rings is 1. The first-order chi connectivity index (χ1) is 11.8. The lowest BCUT2D eigenvalue weighted by atomic mass is 10.3. The largest absolute Gasteiger partial charge is 0.300 e. The van der Waals surface area contributed by atoms with Gasteiger partial charge in [-0.15, -0.1) is 0 Å². The summed E-state index contributed by atoms with van der Waals surface area (Å²) in [6, 6.07) is 3.88. The van der Waals surface area contributed by atoms with E-state index in [2.05, 4.69) is 10.3 Å². The van der Waals surface area contributed by atoms with Gasteiger partial charge in [-0.3, -0.25) is 24.3 Å². The summed E-state index contributed by atoms with van der Waals surface area (Å²) in [5.41, 5.74) is -0.751. The van der Waals surface area contributed by atoms with E-state index in [1.807, 2.05) is 0 Å². The number of anilines is 1. The average Bonchev–Trinajstić information content (AvgIpc) is 2.90. The molecule has 0 atom stereocenters. The molecule has 3 rings (SSSR count). The van der Waals surface area contributed by atoms with Crippen molar-refractivity contribution < 1.29 is 18.5 Å². The van der Waals surface area contributed by atoms with E-state index in [0.29, 0.717) is 4.70 Å². The highest BCUT2D eigenvalue weighted by Gasteiger charge is 2.14. The molecule has 25 heavy (non-hydrogen) atoms. The Morgan fingerprint density at radius 1 is 1.32 bits per heavy atom. The number of halogens is 2. The highest BCUT2D eigenvalue weighted by molar-refractivity contribution is 7.22. The van der Waals surface area contributed by atoms with E-state index >= 15 is 0 Å². The Morgan fingerprint density at radius 3 is 2.76 bits per heavy atom. The predicted molar refractivity (Wildman–Crippen MR) is 85.5 cm³/mol. The van der Waals surface area contributed by atoms with Crippen LogP contribution in [0.2, 0.25) is 0 Å². The third kappa shape index (κ3) is 3.50. The Labute approximate surface area is 141 Å².